The van der Waals surface area contributed by atoms with Gasteiger partial charge in [-0.3, -0.25) is 28.3 Å². The van der Waals surface area contributed by atoms with Crippen LogP contribution in [0, 0.1) is 10.1 Å². The minimum Gasteiger partial charge on any atom is -0.383 e. The quantitative estimate of drug-likeness (QED) is 0.272. The van der Waals surface area contributed by atoms with Gasteiger partial charge in [0.25, 0.3) is 15.7 Å². The lowest BCUT2D eigenvalue weighted by Crippen LogP contribution is -2.41. The maximum Gasteiger partial charge on any atom is 0.328 e. The highest BCUT2D eigenvalue weighted by atomic mass is 32.2. The van der Waals surface area contributed by atoms with E-state index in [1.165, 1.54) is 53.6 Å². The first-order chi connectivity index (χ1) is 15.6. The normalized spacial score (nSPS) is 11.5. The summed E-state index contributed by atoms with van der Waals surface area (Å²) in [5.41, 5.74) is 0.479. The molecule has 1 aromatic heterocycles. The number of rotatable bonds is 9. The van der Waals surface area contributed by atoms with E-state index in [1.807, 2.05) is 0 Å². The number of nitro benzene ring substituents is 1. The van der Waals surface area contributed by atoms with Crippen molar-refractivity contribution < 1.29 is 22.9 Å². The standard InChI is InChI=1S/C20H23N5O7S/c1-22-17-9-8-16(12-18(17)23(2)20(22)27)33(30,31)24(13-19(26)21-10-11-32-3)14-4-6-15(7-5-14)25(28)29/h4-9,12H,10-11,13H2,1-3H3,(H,21,26). The number of nitrogens with one attached hydrogen (secondary N) is 1. The van der Waals surface area contributed by atoms with E-state index < -0.39 is 27.4 Å². The predicted octanol–water partition coefficient (Wildman–Crippen LogP) is 0.743. The van der Waals surface area contributed by atoms with Crippen LogP contribution in [0.1, 0.15) is 0 Å². The molecular formula is C20H23N5O7S. The highest BCUT2D eigenvalue weighted by Crippen LogP contribution is 2.27. The molecule has 13 heteroatoms. The number of carbonyl (C=O) groups is 1. The Balaban J connectivity index is 2.06. The van der Waals surface area contributed by atoms with Crippen LogP contribution < -0.4 is 15.3 Å². The summed E-state index contributed by atoms with van der Waals surface area (Å²) in [5, 5.41) is 13.5. The van der Waals surface area contributed by atoms with E-state index in [2.05, 4.69) is 5.32 Å². The van der Waals surface area contributed by atoms with Crippen molar-refractivity contribution in [2.75, 3.05) is 31.1 Å². The first kappa shape index (κ1) is 23.9. The molecular weight excluding hydrogens is 454 g/mol. The molecule has 3 aromatic rings. The first-order valence-electron chi connectivity index (χ1n) is 9.76. The monoisotopic (exact) mass is 477 g/mol. The SMILES string of the molecule is COCCNC(=O)CN(c1ccc([N+](=O)[O-])cc1)S(=O)(=O)c1ccc2c(c1)n(C)c(=O)n2C. The van der Waals surface area contributed by atoms with Gasteiger partial charge < -0.3 is 10.1 Å². The number of carbonyl (C=O) groups excluding carboxylic acids is 1. The Morgan fingerprint density at radius 3 is 2.36 bits per heavy atom. The smallest absolute Gasteiger partial charge is 0.328 e. The molecule has 0 radical (unpaired) electrons. The molecule has 0 spiro atoms. The highest BCUT2D eigenvalue weighted by Gasteiger charge is 2.28. The number of imidazole rings is 1. The van der Waals surface area contributed by atoms with Crippen molar-refractivity contribution in [3.05, 3.63) is 63.1 Å². The fourth-order valence-corrected chi connectivity index (χ4v) is 4.75. The zero-order valence-corrected chi connectivity index (χ0v) is 19.0. The summed E-state index contributed by atoms with van der Waals surface area (Å²) >= 11 is 0. The summed E-state index contributed by atoms with van der Waals surface area (Å²) in [5.74, 6) is -0.581. The van der Waals surface area contributed by atoms with Crippen molar-refractivity contribution in [2.24, 2.45) is 14.1 Å². The maximum absolute atomic E-state index is 13.6. The number of fused-ring (bicyclic) bond motifs is 1. The second-order valence-electron chi connectivity index (χ2n) is 7.18. The Hall–Kier alpha value is -3.71. The molecule has 0 atom stereocenters. The zero-order chi connectivity index (χ0) is 24.3. The summed E-state index contributed by atoms with van der Waals surface area (Å²) in [6, 6.07) is 9.04. The van der Waals surface area contributed by atoms with Crippen LogP contribution >= 0.6 is 0 Å². The van der Waals surface area contributed by atoms with Crippen LogP contribution in [0.3, 0.4) is 0 Å². The van der Waals surface area contributed by atoms with Crippen molar-refractivity contribution >= 4 is 38.3 Å². The number of aromatic nitrogens is 2. The molecule has 0 aliphatic heterocycles. The molecule has 0 unspecified atom stereocenters. The Kier molecular flexibility index (Phi) is 6.84. The second kappa shape index (κ2) is 9.42. The third-order valence-corrected chi connectivity index (χ3v) is 6.87. The molecule has 176 valence electrons. The summed E-state index contributed by atoms with van der Waals surface area (Å²) in [4.78, 5) is 34.9. The van der Waals surface area contributed by atoms with Gasteiger partial charge >= 0.3 is 5.69 Å². The third kappa shape index (κ3) is 4.73. The summed E-state index contributed by atoms with van der Waals surface area (Å²) in [6.07, 6.45) is 0. The maximum atomic E-state index is 13.6. The van der Waals surface area contributed by atoms with Crippen molar-refractivity contribution in [2.45, 2.75) is 4.90 Å². The van der Waals surface area contributed by atoms with E-state index in [0.29, 0.717) is 11.0 Å². The van der Waals surface area contributed by atoms with Gasteiger partial charge in [0.05, 0.1) is 33.1 Å². The predicted molar refractivity (Wildman–Crippen MR) is 121 cm³/mol. The van der Waals surface area contributed by atoms with Gasteiger partial charge in [0.15, 0.2) is 0 Å². The number of sulfonamides is 1. The molecule has 1 amide bonds. The van der Waals surface area contributed by atoms with Crippen molar-refractivity contribution in [3.63, 3.8) is 0 Å². The molecule has 33 heavy (non-hydrogen) atoms. The first-order valence-corrected chi connectivity index (χ1v) is 11.2. The molecule has 0 aliphatic rings. The molecule has 1 heterocycles. The molecule has 2 aromatic carbocycles. The Morgan fingerprint density at radius 1 is 1.12 bits per heavy atom. The molecule has 0 saturated carbocycles. The molecule has 0 saturated heterocycles. The zero-order valence-electron chi connectivity index (χ0n) is 18.2. The number of nitrogens with zero attached hydrogens (tertiary/aromatic N) is 4. The van der Waals surface area contributed by atoms with Crippen LogP contribution in [0.25, 0.3) is 11.0 Å². The van der Waals surface area contributed by atoms with Gasteiger partial charge in [-0.15, -0.1) is 0 Å². The number of anilines is 1. The molecule has 0 fully saturated rings. The van der Waals surface area contributed by atoms with Crippen LogP contribution in [0.2, 0.25) is 0 Å². The molecule has 1 N–H and O–H groups in total. The number of benzene rings is 2. The lowest BCUT2D eigenvalue weighted by atomic mass is 10.3. The van der Waals surface area contributed by atoms with Crippen LogP contribution in [-0.2, 0) is 33.7 Å². The van der Waals surface area contributed by atoms with Gasteiger partial charge in [-0.05, 0) is 30.3 Å². The van der Waals surface area contributed by atoms with Crippen LogP contribution in [0.4, 0.5) is 11.4 Å². The van der Waals surface area contributed by atoms with E-state index in [4.69, 9.17) is 4.74 Å². The average Bonchev–Trinajstić information content (AvgIpc) is 3.01. The fraction of sp³-hybridized carbons (Fsp3) is 0.300. The van der Waals surface area contributed by atoms with E-state index in [1.54, 1.807) is 7.05 Å². The Morgan fingerprint density at radius 2 is 1.76 bits per heavy atom. The lowest BCUT2D eigenvalue weighted by Gasteiger charge is -2.24. The van der Waals surface area contributed by atoms with Crippen LogP contribution in [-0.4, -0.2) is 55.2 Å². The number of hydrogen-bond acceptors (Lipinski definition) is 7. The number of methoxy groups -OCH3 is 1. The second-order valence-corrected chi connectivity index (χ2v) is 9.04. The highest BCUT2D eigenvalue weighted by molar-refractivity contribution is 7.92. The summed E-state index contributed by atoms with van der Waals surface area (Å²) in [7, 11) is 0.289. The van der Waals surface area contributed by atoms with Gasteiger partial charge in [-0.2, -0.15) is 0 Å². The molecule has 0 bridgehead atoms. The number of nitro groups is 1. The van der Waals surface area contributed by atoms with Gasteiger partial charge in [-0.25, -0.2) is 13.2 Å². The minimum atomic E-state index is -4.28. The van der Waals surface area contributed by atoms with E-state index in [0.717, 1.165) is 16.4 Å². The minimum absolute atomic E-state index is 0.0736. The average molecular weight is 477 g/mol. The lowest BCUT2D eigenvalue weighted by molar-refractivity contribution is -0.384. The van der Waals surface area contributed by atoms with Gasteiger partial charge in [0.2, 0.25) is 5.91 Å². The Bertz CT molecular complexity index is 1360. The molecule has 12 nitrogen and oxygen atoms in total. The van der Waals surface area contributed by atoms with E-state index in [-0.39, 0.29) is 35.1 Å². The summed E-state index contributed by atoms with van der Waals surface area (Å²) < 4.78 is 35.6. The van der Waals surface area contributed by atoms with Gasteiger partial charge in [0.1, 0.15) is 6.54 Å². The molecule has 0 aliphatic carbocycles. The number of aryl methyl sites for hydroxylation is 2. The van der Waals surface area contributed by atoms with Gasteiger partial charge in [0, 0.05) is 39.9 Å². The number of hydrogen-bond donors (Lipinski definition) is 1. The third-order valence-electron chi connectivity index (χ3n) is 5.10. The largest absolute Gasteiger partial charge is 0.383 e. The van der Waals surface area contributed by atoms with Crippen molar-refractivity contribution in [1.82, 2.24) is 14.5 Å². The molecule has 3 rings (SSSR count). The van der Waals surface area contributed by atoms with Crippen molar-refractivity contribution in [1.29, 1.82) is 0 Å². The fourth-order valence-electron chi connectivity index (χ4n) is 3.31. The number of amides is 1. The van der Waals surface area contributed by atoms with E-state index >= 15 is 0 Å². The van der Waals surface area contributed by atoms with Crippen molar-refractivity contribution in [3.8, 4) is 0 Å². The number of non-ortho nitro benzene ring substituents is 1. The topological polar surface area (TPSA) is 146 Å². The number of ether oxygens (including phenoxy) is 1. The van der Waals surface area contributed by atoms with Gasteiger partial charge in [-0.1, -0.05) is 0 Å². The van der Waals surface area contributed by atoms with Crippen LogP contribution in [0.5, 0.6) is 0 Å². The van der Waals surface area contributed by atoms with E-state index in [9.17, 15) is 28.1 Å². The summed E-state index contributed by atoms with van der Waals surface area (Å²) in [6.45, 7) is -0.133. The van der Waals surface area contributed by atoms with Crippen LogP contribution in [0.15, 0.2) is 52.2 Å². The Labute approximate surface area is 189 Å².